The number of methoxy groups -OCH3 is 2. The van der Waals surface area contributed by atoms with E-state index in [2.05, 4.69) is 26.2 Å². The van der Waals surface area contributed by atoms with E-state index >= 15 is 0 Å². The van der Waals surface area contributed by atoms with Crippen LogP contribution in [-0.4, -0.2) is 36.2 Å². The highest BCUT2D eigenvalue weighted by Crippen LogP contribution is 2.30. The highest BCUT2D eigenvalue weighted by molar-refractivity contribution is 9.10. The number of hydrogen-bond acceptors (Lipinski definition) is 6. The Balaban J connectivity index is 1.84. The van der Waals surface area contributed by atoms with Gasteiger partial charge in [-0.25, -0.2) is 4.98 Å². The van der Waals surface area contributed by atoms with E-state index in [9.17, 15) is 9.59 Å². The topological polar surface area (TPSA) is 95.6 Å². The molecule has 0 aliphatic carbocycles. The molecule has 0 aliphatic rings. The number of nitrogens with one attached hydrogen (secondary N) is 1. The molecule has 0 unspecified atom stereocenters. The minimum absolute atomic E-state index is 0.194. The molecule has 2 heterocycles. The fraction of sp³-hybridized carbons (Fsp3) is 0.278. The zero-order valence-corrected chi connectivity index (χ0v) is 16.6. The number of nitrogens with zero attached hydrogens (tertiary/aromatic N) is 2. The van der Waals surface area contributed by atoms with Crippen molar-refractivity contribution in [3.05, 3.63) is 50.9 Å². The smallest absolute Gasteiger partial charge is 0.287 e. The van der Waals surface area contributed by atoms with Gasteiger partial charge < -0.3 is 19.2 Å². The number of carbonyl (C=O) groups is 1. The molecule has 0 saturated carbocycles. The van der Waals surface area contributed by atoms with Crippen LogP contribution in [0.3, 0.4) is 0 Å². The average molecular weight is 436 g/mol. The van der Waals surface area contributed by atoms with E-state index in [0.717, 1.165) is 0 Å². The number of ether oxygens (including phenoxy) is 2. The first kappa shape index (κ1) is 19.0. The molecule has 9 heteroatoms. The summed E-state index contributed by atoms with van der Waals surface area (Å²) in [5.74, 6) is 1.34. The number of rotatable bonds is 6. The largest absolute Gasteiger partial charge is 0.493 e. The van der Waals surface area contributed by atoms with E-state index in [-0.39, 0.29) is 30.3 Å². The predicted octanol–water partition coefficient (Wildman–Crippen LogP) is 2.51. The van der Waals surface area contributed by atoms with Crippen molar-refractivity contribution >= 4 is 32.7 Å². The predicted molar refractivity (Wildman–Crippen MR) is 103 cm³/mol. The molecule has 0 saturated heterocycles. The van der Waals surface area contributed by atoms with Gasteiger partial charge in [-0.2, -0.15) is 0 Å². The van der Waals surface area contributed by atoms with Gasteiger partial charge in [0.2, 0.25) is 0 Å². The lowest BCUT2D eigenvalue weighted by atomic mass is 10.2. The van der Waals surface area contributed by atoms with Gasteiger partial charge in [0.15, 0.2) is 21.9 Å². The van der Waals surface area contributed by atoms with Gasteiger partial charge in [0.25, 0.3) is 11.5 Å². The lowest BCUT2D eigenvalue weighted by Gasteiger charge is -2.13. The molecule has 1 amide bonds. The molecule has 3 rings (SSSR count). The molecule has 0 bridgehead atoms. The summed E-state index contributed by atoms with van der Waals surface area (Å²) < 4.78 is 17.7. The molecule has 0 radical (unpaired) electrons. The first-order valence-corrected chi connectivity index (χ1v) is 8.90. The number of aryl methyl sites for hydroxylation is 1. The molecule has 0 spiro atoms. The quantitative estimate of drug-likeness (QED) is 0.638. The second-order valence-corrected chi connectivity index (χ2v) is 6.48. The van der Waals surface area contributed by atoms with Gasteiger partial charge in [0.05, 0.1) is 25.1 Å². The molecule has 0 aliphatic heterocycles. The third-order valence-corrected chi connectivity index (χ3v) is 4.49. The molecular formula is C18H18BrN3O5. The number of amides is 1. The fourth-order valence-electron chi connectivity index (χ4n) is 2.73. The maximum absolute atomic E-state index is 12.9. The highest BCUT2D eigenvalue weighted by Gasteiger charge is 2.14. The average Bonchev–Trinajstić information content (AvgIpc) is 3.09. The van der Waals surface area contributed by atoms with Crippen LogP contribution < -0.4 is 20.3 Å². The summed E-state index contributed by atoms with van der Waals surface area (Å²) >= 11 is 3.15. The first-order chi connectivity index (χ1) is 12.9. The molecule has 0 fully saturated rings. The Hall–Kier alpha value is -2.81. The van der Waals surface area contributed by atoms with Crippen molar-refractivity contribution < 1.29 is 18.7 Å². The molecule has 1 aromatic carbocycles. The molecule has 27 heavy (non-hydrogen) atoms. The summed E-state index contributed by atoms with van der Waals surface area (Å²) in [6.45, 7) is 2.26. The van der Waals surface area contributed by atoms with Gasteiger partial charge in [-0.15, -0.1) is 0 Å². The molecule has 142 valence electrons. The second-order valence-electron chi connectivity index (χ2n) is 5.70. The number of aromatic nitrogens is 2. The normalized spacial score (nSPS) is 10.8. The molecular weight excluding hydrogens is 418 g/mol. The summed E-state index contributed by atoms with van der Waals surface area (Å²) in [6.07, 6.45) is 0. The molecule has 0 atom stereocenters. The van der Waals surface area contributed by atoms with Crippen LogP contribution >= 0.6 is 15.9 Å². The van der Waals surface area contributed by atoms with Crippen LogP contribution in [0.5, 0.6) is 11.5 Å². The Morgan fingerprint density at radius 1 is 1.26 bits per heavy atom. The Morgan fingerprint density at radius 2 is 1.96 bits per heavy atom. The van der Waals surface area contributed by atoms with Crippen molar-refractivity contribution in [1.29, 1.82) is 0 Å². The number of benzene rings is 1. The number of halogens is 1. The van der Waals surface area contributed by atoms with E-state index < -0.39 is 0 Å². The van der Waals surface area contributed by atoms with Gasteiger partial charge in [-0.05, 0) is 41.1 Å². The summed E-state index contributed by atoms with van der Waals surface area (Å²) in [5, 5.41) is 3.13. The summed E-state index contributed by atoms with van der Waals surface area (Å²) in [7, 11) is 3.03. The highest BCUT2D eigenvalue weighted by atomic mass is 79.9. The monoisotopic (exact) mass is 435 g/mol. The Labute approximate surface area is 163 Å². The van der Waals surface area contributed by atoms with Crippen molar-refractivity contribution in [2.24, 2.45) is 0 Å². The summed E-state index contributed by atoms with van der Waals surface area (Å²) in [6, 6.07) is 6.48. The summed E-state index contributed by atoms with van der Waals surface area (Å²) in [5.41, 5.74) is 0.310. The van der Waals surface area contributed by atoms with E-state index in [0.29, 0.717) is 32.9 Å². The Kier molecular flexibility index (Phi) is 5.50. The molecule has 3 aromatic rings. The van der Waals surface area contributed by atoms with E-state index in [1.54, 1.807) is 31.2 Å². The second kappa shape index (κ2) is 7.83. The lowest BCUT2D eigenvalue weighted by molar-refractivity contribution is 0.0923. The van der Waals surface area contributed by atoms with Gasteiger partial charge in [-0.1, -0.05) is 0 Å². The third kappa shape index (κ3) is 3.82. The zero-order chi connectivity index (χ0) is 19.6. The van der Waals surface area contributed by atoms with Gasteiger partial charge >= 0.3 is 0 Å². The van der Waals surface area contributed by atoms with Crippen molar-refractivity contribution in [3.8, 4) is 11.5 Å². The molecule has 8 nitrogen and oxygen atoms in total. The number of hydrogen-bond donors (Lipinski definition) is 1. The van der Waals surface area contributed by atoms with Crippen LogP contribution in [-0.2, 0) is 6.54 Å². The third-order valence-electron chi connectivity index (χ3n) is 4.07. The fourth-order valence-corrected chi connectivity index (χ4v) is 3.03. The maximum Gasteiger partial charge on any atom is 0.287 e. The van der Waals surface area contributed by atoms with Crippen LogP contribution in [0.2, 0.25) is 0 Å². The van der Waals surface area contributed by atoms with Gasteiger partial charge in [-0.3, -0.25) is 14.2 Å². The Bertz CT molecular complexity index is 1060. The van der Waals surface area contributed by atoms with E-state index in [4.69, 9.17) is 13.9 Å². The van der Waals surface area contributed by atoms with Crippen LogP contribution in [0, 0.1) is 6.92 Å². The van der Waals surface area contributed by atoms with Crippen molar-refractivity contribution in [1.82, 2.24) is 14.9 Å². The maximum atomic E-state index is 12.9. The van der Waals surface area contributed by atoms with Crippen LogP contribution in [0.15, 0.2) is 38.1 Å². The van der Waals surface area contributed by atoms with Crippen molar-refractivity contribution in [3.63, 3.8) is 0 Å². The van der Waals surface area contributed by atoms with Crippen molar-refractivity contribution in [2.45, 2.75) is 13.5 Å². The standard InChI is InChI=1S/C18H18BrN3O5/c1-10-21-12-9-15(26-3)14(25-2)8-11(12)18(24)22(10)7-6-20-17(23)13-4-5-16(19)27-13/h4-5,8-9H,6-7H2,1-3H3,(H,20,23). The minimum atomic E-state index is -0.355. The number of furan rings is 1. The lowest BCUT2D eigenvalue weighted by Crippen LogP contribution is -2.32. The molecule has 2 aromatic heterocycles. The first-order valence-electron chi connectivity index (χ1n) is 8.11. The van der Waals surface area contributed by atoms with E-state index in [1.807, 2.05) is 0 Å². The van der Waals surface area contributed by atoms with Crippen LogP contribution in [0.25, 0.3) is 10.9 Å². The Morgan fingerprint density at radius 3 is 2.59 bits per heavy atom. The molecule has 1 N–H and O–H groups in total. The zero-order valence-electron chi connectivity index (χ0n) is 15.0. The minimum Gasteiger partial charge on any atom is -0.493 e. The van der Waals surface area contributed by atoms with Gasteiger partial charge in [0, 0.05) is 19.2 Å². The van der Waals surface area contributed by atoms with Gasteiger partial charge in [0.1, 0.15) is 5.82 Å². The number of fused-ring (bicyclic) bond motifs is 1. The van der Waals surface area contributed by atoms with Crippen molar-refractivity contribution in [2.75, 3.05) is 20.8 Å². The van der Waals surface area contributed by atoms with Crippen LogP contribution in [0.1, 0.15) is 16.4 Å². The SMILES string of the molecule is COc1cc2nc(C)n(CCNC(=O)c3ccc(Br)o3)c(=O)c2cc1OC. The van der Waals surface area contributed by atoms with Crippen LogP contribution in [0.4, 0.5) is 0 Å². The van der Waals surface area contributed by atoms with E-state index in [1.165, 1.54) is 18.8 Å². The number of carbonyl (C=O) groups excluding carboxylic acids is 1. The summed E-state index contributed by atoms with van der Waals surface area (Å²) in [4.78, 5) is 29.4.